The molecule has 6 nitrogen and oxygen atoms in total. The maximum absolute atomic E-state index is 11.9. The molecule has 3 rings (SSSR count). The predicted octanol–water partition coefficient (Wildman–Crippen LogP) is 3.92. The van der Waals surface area contributed by atoms with Gasteiger partial charge in [0.15, 0.2) is 4.34 Å². The average molecular weight is 449 g/mol. The predicted molar refractivity (Wildman–Crippen MR) is 108 cm³/mol. The van der Waals surface area contributed by atoms with Crippen LogP contribution in [0.25, 0.3) is 10.6 Å². The lowest BCUT2D eigenvalue weighted by Crippen LogP contribution is -2.19. The topological polar surface area (TPSA) is 87.5 Å². The number of rotatable bonds is 6. The van der Waals surface area contributed by atoms with Crippen LogP contribution in [0.5, 0.6) is 5.75 Å². The number of nitrogens with zero attached hydrogens (tertiary/aromatic N) is 3. The Hall–Kier alpha value is -2.23. The zero-order valence-corrected chi connectivity index (χ0v) is 16.5. The van der Waals surface area contributed by atoms with Gasteiger partial charge in [0, 0.05) is 5.56 Å². The summed E-state index contributed by atoms with van der Waals surface area (Å²) in [7, 11) is 0. The van der Waals surface area contributed by atoms with Crippen molar-refractivity contribution >= 4 is 51.2 Å². The van der Waals surface area contributed by atoms with E-state index in [-0.39, 0.29) is 17.4 Å². The quantitative estimate of drug-likeness (QED) is 0.339. The highest BCUT2D eigenvalue weighted by Crippen LogP contribution is 2.29. The molecule has 132 valence electrons. The number of benzene rings is 2. The minimum Gasteiger partial charge on any atom is -0.507 e. The van der Waals surface area contributed by atoms with Crippen LogP contribution in [0.3, 0.4) is 0 Å². The monoisotopic (exact) mass is 448 g/mol. The maximum atomic E-state index is 11.9. The smallest absolute Gasteiger partial charge is 0.250 e. The molecule has 2 aromatic carbocycles. The number of thioether (sulfide) groups is 1. The lowest BCUT2D eigenvalue weighted by molar-refractivity contribution is -0.118. The Morgan fingerprint density at radius 2 is 2.08 bits per heavy atom. The molecule has 0 spiro atoms. The number of phenols is 1. The van der Waals surface area contributed by atoms with Crippen molar-refractivity contribution in [1.82, 2.24) is 15.6 Å². The Morgan fingerprint density at radius 1 is 1.27 bits per heavy atom. The lowest BCUT2D eigenvalue weighted by atomic mass is 10.2. The Morgan fingerprint density at radius 3 is 2.85 bits per heavy atom. The fourth-order valence-corrected chi connectivity index (χ4v) is 3.95. The molecule has 0 aliphatic rings. The van der Waals surface area contributed by atoms with Crippen LogP contribution in [0.4, 0.5) is 0 Å². The van der Waals surface area contributed by atoms with E-state index < -0.39 is 0 Å². The molecule has 0 bridgehead atoms. The van der Waals surface area contributed by atoms with Crippen LogP contribution < -0.4 is 5.43 Å². The number of carbonyl (C=O) groups excluding carboxylic acids is 1. The van der Waals surface area contributed by atoms with Crippen molar-refractivity contribution in [3.8, 4) is 16.3 Å². The molecule has 0 aliphatic carbocycles. The minimum absolute atomic E-state index is 0.148. The fraction of sp³-hybridized carbons (Fsp3) is 0.0588. The molecule has 0 radical (unpaired) electrons. The molecule has 1 aromatic heterocycles. The number of nitrogens with one attached hydrogen (secondary N) is 1. The summed E-state index contributed by atoms with van der Waals surface area (Å²) < 4.78 is 1.29. The molecule has 0 saturated carbocycles. The second-order valence-corrected chi connectivity index (χ2v) is 8.09. The summed E-state index contributed by atoms with van der Waals surface area (Å²) >= 11 is 5.98. The molecule has 9 heteroatoms. The zero-order valence-electron chi connectivity index (χ0n) is 13.3. The summed E-state index contributed by atoms with van der Waals surface area (Å²) in [6, 6.07) is 14.7. The summed E-state index contributed by atoms with van der Waals surface area (Å²) in [6.07, 6.45) is 1.51. The molecular weight excluding hydrogens is 436 g/mol. The first-order valence-corrected chi connectivity index (χ1v) is 10.0. The van der Waals surface area contributed by atoms with Gasteiger partial charge in [0.1, 0.15) is 10.8 Å². The Kier molecular flexibility index (Phi) is 6.37. The molecule has 0 aliphatic heterocycles. The fourth-order valence-electron chi connectivity index (χ4n) is 1.91. The van der Waals surface area contributed by atoms with Crippen LogP contribution in [-0.4, -0.2) is 33.2 Å². The highest BCUT2D eigenvalue weighted by molar-refractivity contribution is 9.10. The van der Waals surface area contributed by atoms with Crippen molar-refractivity contribution in [3.63, 3.8) is 0 Å². The van der Waals surface area contributed by atoms with Crippen LogP contribution in [0.1, 0.15) is 5.56 Å². The molecule has 0 saturated heterocycles. The second-order valence-electron chi connectivity index (χ2n) is 5.03. The number of halogens is 1. The van der Waals surface area contributed by atoms with E-state index in [1.165, 1.54) is 29.3 Å². The van der Waals surface area contributed by atoms with E-state index in [2.05, 4.69) is 36.7 Å². The molecular formula is C17H13BrN4O2S2. The summed E-state index contributed by atoms with van der Waals surface area (Å²) in [5.74, 6) is 0.107. The van der Waals surface area contributed by atoms with E-state index in [1.807, 2.05) is 30.3 Å². The molecule has 0 atom stereocenters. The summed E-state index contributed by atoms with van der Waals surface area (Å²) in [4.78, 5) is 11.9. The van der Waals surface area contributed by atoms with E-state index in [4.69, 9.17) is 0 Å². The van der Waals surface area contributed by atoms with Crippen LogP contribution in [0.15, 0.2) is 62.4 Å². The number of aromatic hydroxyl groups is 1. The Labute approximate surface area is 166 Å². The van der Waals surface area contributed by atoms with Gasteiger partial charge in [-0.25, -0.2) is 5.43 Å². The van der Waals surface area contributed by atoms with E-state index in [1.54, 1.807) is 18.2 Å². The van der Waals surface area contributed by atoms with Gasteiger partial charge in [-0.15, -0.1) is 10.2 Å². The standard InChI is InChI=1S/C17H13BrN4O2S2/c18-13-8-11(6-7-14(13)23)9-19-20-15(24)10-25-17-22-21-16(26-17)12-4-2-1-3-5-12/h1-9,23H,10H2,(H,20,24). The van der Waals surface area contributed by atoms with E-state index in [0.29, 0.717) is 4.47 Å². The van der Waals surface area contributed by atoms with Crippen LogP contribution in [0.2, 0.25) is 0 Å². The summed E-state index contributed by atoms with van der Waals surface area (Å²) in [5.41, 5.74) is 4.22. The third kappa shape index (κ3) is 5.13. The second kappa shape index (κ2) is 8.93. The van der Waals surface area contributed by atoms with Gasteiger partial charge < -0.3 is 5.11 Å². The van der Waals surface area contributed by atoms with Crippen molar-refractivity contribution in [3.05, 3.63) is 58.6 Å². The first-order chi connectivity index (χ1) is 12.6. The third-order valence-electron chi connectivity index (χ3n) is 3.13. The van der Waals surface area contributed by atoms with Crippen molar-refractivity contribution in [2.75, 3.05) is 5.75 Å². The van der Waals surface area contributed by atoms with E-state index >= 15 is 0 Å². The number of phenolic OH excluding ortho intramolecular Hbond substituents is 1. The van der Waals surface area contributed by atoms with Crippen molar-refractivity contribution < 1.29 is 9.90 Å². The zero-order chi connectivity index (χ0) is 18.4. The largest absolute Gasteiger partial charge is 0.507 e. The number of aromatic nitrogens is 2. The molecule has 1 heterocycles. The number of hydrogen-bond donors (Lipinski definition) is 2. The summed E-state index contributed by atoms with van der Waals surface area (Å²) in [6.45, 7) is 0. The van der Waals surface area contributed by atoms with E-state index in [9.17, 15) is 9.90 Å². The molecule has 0 fully saturated rings. The molecule has 26 heavy (non-hydrogen) atoms. The van der Waals surface area contributed by atoms with Crippen LogP contribution >= 0.6 is 39.0 Å². The van der Waals surface area contributed by atoms with Gasteiger partial charge in [-0.2, -0.15) is 5.10 Å². The maximum Gasteiger partial charge on any atom is 0.250 e. The lowest BCUT2D eigenvalue weighted by Gasteiger charge is -1.99. The summed E-state index contributed by atoms with van der Waals surface area (Å²) in [5, 5.41) is 22.4. The number of hydrogen-bond acceptors (Lipinski definition) is 7. The van der Waals surface area contributed by atoms with Crippen LogP contribution in [0, 0.1) is 0 Å². The number of amides is 1. The van der Waals surface area contributed by atoms with Crippen molar-refractivity contribution in [1.29, 1.82) is 0 Å². The van der Waals surface area contributed by atoms with Gasteiger partial charge in [0.2, 0.25) is 0 Å². The molecule has 3 aromatic rings. The highest BCUT2D eigenvalue weighted by Gasteiger charge is 2.09. The third-order valence-corrected chi connectivity index (χ3v) is 5.87. The Balaban J connectivity index is 1.49. The highest BCUT2D eigenvalue weighted by atomic mass is 79.9. The van der Waals surface area contributed by atoms with Crippen LogP contribution in [-0.2, 0) is 4.79 Å². The molecule has 1 amide bonds. The number of carbonyl (C=O) groups is 1. The SMILES string of the molecule is O=C(CSc1nnc(-c2ccccc2)s1)NN=Cc1ccc(O)c(Br)c1. The van der Waals surface area contributed by atoms with Crippen molar-refractivity contribution in [2.45, 2.75) is 4.34 Å². The van der Waals surface area contributed by atoms with Crippen molar-refractivity contribution in [2.24, 2.45) is 5.10 Å². The first-order valence-electron chi connectivity index (χ1n) is 7.44. The van der Waals surface area contributed by atoms with Gasteiger partial charge in [0.25, 0.3) is 5.91 Å². The van der Waals surface area contributed by atoms with E-state index in [0.717, 1.165) is 20.5 Å². The van der Waals surface area contributed by atoms with Gasteiger partial charge in [-0.05, 0) is 39.7 Å². The van der Waals surface area contributed by atoms with Gasteiger partial charge in [0.05, 0.1) is 16.4 Å². The average Bonchev–Trinajstić information content (AvgIpc) is 3.13. The molecule has 0 unspecified atom stereocenters. The van der Waals surface area contributed by atoms with Gasteiger partial charge in [-0.1, -0.05) is 53.4 Å². The normalized spacial score (nSPS) is 11.0. The molecule has 2 N–H and O–H groups in total. The Bertz CT molecular complexity index is 932. The minimum atomic E-state index is -0.236. The van der Waals surface area contributed by atoms with Gasteiger partial charge in [-0.3, -0.25) is 4.79 Å². The first kappa shape index (κ1) is 18.6. The van der Waals surface area contributed by atoms with Gasteiger partial charge >= 0.3 is 0 Å². The number of hydrazone groups is 1.